The minimum atomic E-state index is 0.500. The molecule has 1 aliphatic rings. The van der Waals surface area contributed by atoms with Gasteiger partial charge in [0.1, 0.15) is 0 Å². The summed E-state index contributed by atoms with van der Waals surface area (Å²) >= 11 is 0. The van der Waals surface area contributed by atoms with E-state index in [2.05, 4.69) is 6.92 Å². The van der Waals surface area contributed by atoms with Gasteiger partial charge in [-0.3, -0.25) is 0 Å². The molecule has 0 amide bonds. The quantitative estimate of drug-likeness (QED) is 0.619. The topological polar surface area (TPSA) is 26.0 Å². The van der Waals surface area contributed by atoms with E-state index in [4.69, 9.17) is 5.73 Å². The Labute approximate surface area is 70.4 Å². The van der Waals surface area contributed by atoms with Gasteiger partial charge in [0, 0.05) is 6.04 Å². The van der Waals surface area contributed by atoms with Crippen LogP contribution in [0.4, 0.5) is 0 Å². The van der Waals surface area contributed by atoms with E-state index in [1.165, 1.54) is 44.9 Å². The lowest BCUT2D eigenvalue weighted by Gasteiger charge is -2.24. The van der Waals surface area contributed by atoms with E-state index in [1.807, 2.05) is 0 Å². The number of hydrogen-bond donors (Lipinski definition) is 1. The summed E-state index contributed by atoms with van der Waals surface area (Å²) in [6.45, 7) is 2.27. The van der Waals surface area contributed by atoms with E-state index in [0.29, 0.717) is 6.04 Å². The molecule has 0 aromatic rings. The summed E-state index contributed by atoms with van der Waals surface area (Å²) in [5.41, 5.74) is 6.06. The largest absolute Gasteiger partial charge is 0.327 e. The van der Waals surface area contributed by atoms with E-state index in [9.17, 15) is 0 Å². The van der Waals surface area contributed by atoms with Crippen LogP contribution in [0.3, 0.4) is 0 Å². The molecule has 0 aliphatic heterocycles. The molecule has 0 aromatic carbocycles. The Hall–Kier alpha value is -0.0400. The van der Waals surface area contributed by atoms with Gasteiger partial charge in [-0.2, -0.15) is 0 Å². The van der Waals surface area contributed by atoms with Gasteiger partial charge in [0.15, 0.2) is 0 Å². The maximum Gasteiger partial charge on any atom is 0.00670 e. The highest BCUT2D eigenvalue weighted by Gasteiger charge is 2.16. The van der Waals surface area contributed by atoms with E-state index < -0.39 is 0 Å². The Balaban J connectivity index is 2.33. The van der Waals surface area contributed by atoms with Crippen LogP contribution < -0.4 is 5.73 Å². The predicted molar refractivity (Wildman–Crippen MR) is 49.5 cm³/mol. The molecule has 0 radical (unpaired) electrons. The van der Waals surface area contributed by atoms with Crippen molar-refractivity contribution in [2.45, 2.75) is 57.9 Å². The molecule has 66 valence electrons. The third-order valence-corrected chi connectivity index (χ3v) is 2.99. The van der Waals surface area contributed by atoms with Crippen molar-refractivity contribution >= 4 is 0 Å². The van der Waals surface area contributed by atoms with E-state index in [-0.39, 0.29) is 0 Å². The lowest BCUT2D eigenvalue weighted by molar-refractivity contribution is 0.322. The van der Waals surface area contributed by atoms with Crippen molar-refractivity contribution < 1.29 is 0 Å². The molecule has 1 aliphatic carbocycles. The van der Waals surface area contributed by atoms with Crippen LogP contribution in [0, 0.1) is 5.92 Å². The van der Waals surface area contributed by atoms with Crippen molar-refractivity contribution in [2.24, 2.45) is 11.7 Å². The van der Waals surface area contributed by atoms with Crippen LogP contribution in [0.2, 0.25) is 0 Å². The van der Waals surface area contributed by atoms with E-state index >= 15 is 0 Å². The van der Waals surface area contributed by atoms with Crippen LogP contribution in [0.1, 0.15) is 51.9 Å². The van der Waals surface area contributed by atoms with Gasteiger partial charge in [-0.05, 0) is 18.8 Å². The zero-order valence-electron chi connectivity index (χ0n) is 7.68. The average molecular weight is 155 g/mol. The van der Waals surface area contributed by atoms with Crippen molar-refractivity contribution in [1.29, 1.82) is 0 Å². The molecule has 1 rings (SSSR count). The summed E-state index contributed by atoms with van der Waals surface area (Å²) in [5, 5.41) is 0. The summed E-state index contributed by atoms with van der Waals surface area (Å²) in [5.74, 6) is 0.815. The van der Waals surface area contributed by atoms with E-state index in [0.717, 1.165) is 5.92 Å². The molecule has 1 fully saturated rings. The van der Waals surface area contributed by atoms with Crippen LogP contribution in [-0.2, 0) is 0 Å². The maximum absolute atomic E-state index is 6.06. The minimum absolute atomic E-state index is 0.500. The van der Waals surface area contributed by atoms with Crippen molar-refractivity contribution in [3.8, 4) is 0 Å². The van der Waals surface area contributed by atoms with Gasteiger partial charge >= 0.3 is 0 Å². The molecule has 1 saturated carbocycles. The summed E-state index contributed by atoms with van der Waals surface area (Å²) < 4.78 is 0. The second kappa shape index (κ2) is 4.76. The fourth-order valence-electron chi connectivity index (χ4n) is 2.10. The fourth-order valence-corrected chi connectivity index (χ4v) is 2.10. The Bertz CT molecular complexity index is 101. The third kappa shape index (κ3) is 2.82. The number of hydrogen-bond acceptors (Lipinski definition) is 1. The molecule has 0 spiro atoms. The summed E-state index contributed by atoms with van der Waals surface area (Å²) in [7, 11) is 0. The second-order valence-corrected chi connectivity index (χ2v) is 3.82. The Kier molecular flexibility index (Phi) is 3.92. The van der Waals surface area contributed by atoms with Gasteiger partial charge in [-0.15, -0.1) is 0 Å². The monoisotopic (exact) mass is 155 g/mol. The Morgan fingerprint density at radius 3 is 2.36 bits per heavy atom. The van der Waals surface area contributed by atoms with Gasteiger partial charge in [-0.25, -0.2) is 0 Å². The maximum atomic E-state index is 6.06. The lowest BCUT2D eigenvalue weighted by atomic mass is 9.86. The molecular formula is C10H21N. The standard InChI is InChI=1S/C10H21N/c1-2-9-7-5-3-4-6-8-10(9)11/h9-10H,2-8,11H2,1H3. The van der Waals surface area contributed by atoms with Crippen molar-refractivity contribution in [2.75, 3.05) is 0 Å². The van der Waals surface area contributed by atoms with Crippen LogP contribution in [0.25, 0.3) is 0 Å². The molecule has 0 aromatic heterocycles. The van der Waals surface area contributed by atoms with Crippen LogP contribution in [0.5, 0.6) is 0 Å². The molecule has 1 nitrogen and oxygen atoms in total. The predicted octanol–water partition coefficient (Wildman–Crippen LogP) is 2.69. The smallest absolute Gasteiger partial charge is 0.00670 e. The Morgan fingerprint density at radius 1 is 1.09 bits per heavy atom. The first-order valence-electron chi connectivity index (χ1n) is 5.10. The first-order chi connectivity index (χ1) is 5.34. The first kappa shape index (κ1) is 9.05. The molecule has 0 saturated heterocycles. The fraction of sp³-hybridized carbons (Fsp3) is 1.00. The van der Waals surface area contributed by atoms with Crippen LogP contribution >= 0.6 is 0 Å². The van der Waals surface area contributed by atoms with Crippen molar-refractivity contribution in [3.05, 3.63) is 0 Å². The molecule has 1 heteroatoms. The highest BCUT2D eigenvalue weighted by molar-refractivity contribution is 4.73. The van der Waals surface area contributed by atoms with Gasteiger partial charge in [0.25, 0.3) is 0 Å². The molecule has 0 bridgehead atoms. The third-order valence-electron chi connectivity index (χ3n) is 2.99. The highest BCUT2D eigenvalue weighted by Crippen LogP contribution is 2.23. The lowest BCUT2D eigenvalue weighted by Crippen LogP contribution is -2.30. The molecule has 2 unspecified atom stereocenters. The van der Waals surface area contributed by atoms with Gasteiger partial charge in [-0.1, -0.05) is 39.0 Å². The number of nitrogens with two attached hydrogens (primary N) is 1. The first-order valence-corrected chi connectivity index (χ1v) is 5.10. The molecule has 0 heterocycles. The summed E-state index contributed by atoms with van der Waals surface area (Å²) in [6.07, 6.45) is 9.52. The number of rotatable bonds is 1. The van der Waals surface area contributed by atoms with Crippen molar-refractivity contribution in [1.82, 2.24) is 0 Å². The SMILES string of the molecule is CCC1CCCCCCC1N. The van der Waals surface area contributed by atoms with Gasteiger partial charge in [0.2, 0.25) is 0 Å². The molecule has 2 atom stereocenters. The summed E-state index contributed by atoms with van der Waals surface area (Å²) in [6, 6.07) is 0.500. The normalized spacial score (nSPS) is 34.4. The molecule has 2 N–H and O–H groups in total. The molecular weight excluding hydrogens is 134 g/mol. The molecule has 11 heavy (non-hydrogen) atoms. The van der Waals surface area contributed by atoms with Gasteiger partial charge in [0.05, 0.1) is 0 Å². The second-order valence-electron chi connectivity index (χ2n) is 3.82. The Morgan fingerprint density at radius 2 is 1.73 bits per heavy atom. The zero-order valence-corrected chi connectivity index (χ0v) is 7.68. The minimum Gasteiger partial charge on any atom is -0.327 e. The van der Waals surface area contributed by atoms with Crippen LogP contribution in [0.15, 0.2) is 0 Å². The van der Waals surface area contributed by atoms with Crippen molar-refractivity contribution in [3.63, 3.8) is 0 Å². The zero-order chi connectivity index (χ0) is 8.10. The summed E-state index contributed by atoms with van der Waals surface area (Å²) in [4.78, 5) is 0. The average Bonchev–Trinajstić information content (AvgIpc) is 1.98. The van der Waals surface area contributed by atoms with E-state index in [1.54, 1.807) is 0 Å². The highest BCUT2D eigenvalue weighted by atomic mass is 14.6. The van der Waals surface area contributed by atoms with Gasteiger partial charge < -0.3 is 5.73 Å². The van der Waals surface area contributed by atoms with Crippen LogP contribution in [-0.4, -0.2) is 6.04 Å².